The highest BCUT2D eigenvalue weighted by molar-refractivity contribution is 7.11. The summed E-state index contributed by atoms with van der Waals surface area (Å²) in [6, 6.07) is 0. The summed E-state index contributed by atoms with van der Waals surface area (Å²) >= 11 is 1.78. The van der Waals surface area contributed by atoms with Crippen LogP contribution in [0, 0.1) is 5.92 Å². The number of hydrogen-bond donors (Lipinski definition) is 1. The van der Waals surface area contributed by atoms with Gasteiger partial charge >= 0.3 is 0 Å². The molecular formula is C12H21N3S. The van der Waals surface area contributed by atoms with Gasteiger partial charge in [0.2, 0.25) is 0 Å². The summed E-state index contributed by atoms with van der Waals surface area (Å²) in [4.78, 5) is 8.19. The van der Waals surface area contributed by atoms with Crippen molar-refractivity contribution in [2.45, 2.75) is 32.7 Å². The Hall–Kier alpha value is -0.450. The number of hydrogen-bond acceptors (Lipinski definition) is 4. The van der Waals surface area contributed by atoms with E-state index in [9.17, 15) is 0 Å². The fourth-order valence-electron chi connectivity index (χ4n) is 2.29. The molecule has 0 atom stereocenters. The summed E-state index contributed by atoms with van der Waals surface area (Å²) in [6.45, 7) is 6.59. The van der Waals surface area contributed by atoms with Crippen LogP contribution in [0.5, 0.6) is 0 Å². The third-order valence-electron chi connectivity index (χ3n) is 3.42. The first-order valence-corrected chi connectivity index (χ1v) is 6.99. The molecule has 3 nitrogen and oxygen atoms in total. The van der Waals surface area contributed by atoms with E-state index in [1.165, 1.54) is 42.4 Å². The normalized spacial score (nSPS) is 19.1. The van der Waals surface area contributed by atoms with Crippen LogP contribution in [0.1, 0.15) is 29.7 Å². The van der Waals surface area contributed by atoms with Crippen molar-refractivity contribution in [3.63, 3.8) is 0 Å². The lowest BCUT2D eigenvalue weighted by Gasteiger charge is -2.30. The van der Waals surface area contributed by atoms with Crippen LogP contribution in [0.3, 0.4) is 0 Å². The molecule has 90 valence electrons. The fraction of sp³-hybridized carbons (Fsp3) is 0.750. The number of likely N-dealkylation sites (tertiary alicyclic amines) is 1. The van der Waals surface area contributed by atoms with E-state index in [-0.39, 0.29) is 0 Å². The molecule has 4 heteroatoms. The Morgan fingerprint density at radius 1 is 1.50 bits per heavy atom. The predicted octanol–water partition coefficient (Wildman–Crippen LogP) is 1.88. The minimum atomic E-state index is 0.631. The first-order valence-electron chi connectivity index (χ1n) is 6.17. The van der Waals surface area contributed by atoms with Gasteiger partial charge in [0, 0.05) is 24.0 Å². The van der Waals surface area contributed by atoms with Crippen LogP contribution in [-0.4, -0.2) is 29.5 Å². The minimum absolute atomic E-state index is 0.631. The average Bonchev–Trinajstić information content (AvgIpc) is 2.78. The quantitative estimate of drug-likeness (QED) is 0.872. The highest BCUT2D eigenvalue weighted by Gasteiger charge is 2.19. The Morgan fingerprint density at radius 3 is 2.81 bits per heavy atom. The Kier molecular flexibility index (Phi) is 4.32. The van der Waals surface area contributed by atoms with Gasteiger partial charge in [0.15, 0.2) is 0 Å². The van der Waals surface area contributed by atoms with Gasteiger partial charge in [-0.05, 0) is 38.4 Å². The molecule has 0 unspecified atom stereocenters. The van der Waals surface area contributed by atoms with Crippen molar-refractivity contribution in [1.29, 1.82) is 0 Å². The Morgan fingerprint density at radius 2 is 2.25 bits per heavy atom. The van der Waals surface area contributed by atoms with E-state index >= 15 is 0 Å². The average molecular weight is 239 g/mol. The van der Waals surface area contributed by atoms with E-state index in [1.54, 1.807) is 11.3 Å². The summed E-state index contributed by atoms with van der Waals surface area (Å²) in [5.41, 5.74) is 5.60. The number of nitrogens with zero attached hydrogens (tertiary/aromatic N) is 2. The molecule has 1 aliphatic heterocycles. The molecule has 1 fully saturated rings. The van der Waals surface area contributed by atoms with Gasteiger partial charge in [-0.2, -0.15) is 0 Å². The van der Waals surface area contributed by atoms with Crippen LogP contribution in [0.15, 0.2) is 6.20 Å². The van der Waals surface area contributed by atoms with E-state index in [4.69, 9.17) is 5.73 Å². The first-order chi connectivity index (χ1) is 7.81. The van der Waals surface area contributed by atoms with Crippen molar-refractivity contribution in [2.24, 2.45) is 11.7 Å². The monoisotopic (exact) mass is 239 g/mol. The molecular weight excluding hydrogens is 218 g/mol. The lowest BCUT2D eigenvalue weighted by molar-refractivity contribution is 0.192. The standard InChI is InChI=1S/C12H21N3S/c1-2-15-5-3-10(4-6-15)7-12-14-9-11(8-13)16-12/h9-10H,2-8,13H2,1H3. The molecule has 1 aromatic rings. The molecule has 1 saturated heterocycles. The topological polar surface area (TPSA) is 42.2 Å². The second-order valence-corrected chi connectivity index (χ2v) is 5.71. The lowest BCUT2D eigenvalue weighted by Crippen LogP contribution is -2.33. The number of aromatic nitrogens is 1. The molecule has 0 spiro atoms. The molecule has 0 bridgehead atoms. The van der Waals surface area contributed by atoms with Crippen LogP contribution in [0.2, 0.25) is 0 Å². The van der Waals surface area contributed by atoms with E-state index in [0.29, 0.717) is 6.54 Å². The predicted molar refractivity (Wildman–Crippen MR) is 68.5 cm³/mol. The third kappa shape index (κ3) is 3.03. The van der Waals surface area contributed by atoms with Crippen molar-refractivity contribution in [1.82, 2.24) is 9.88 Å². The van der Waals surface area contributed by atoms with Crippen molar-refractivity contribution >= 4 is 11.3 Å². The number of piperidine rings is 1. The highest BCUT2D eigenvalue weighted by Crippen LogP contribution is 2.23. The Bertz CT molecular complexity index is 316. The van der Waals surface area contributed by atoms with Crippen LogP contribution < -0.4 is 5.73 Å². The summed E-state index contributed by atoms with van der Waals surface area (Å²) in [5, 5.41) is 1.27. The zero-order valence-electron chi connectivity index (χ0n) is 9.98. The molecule has 2 heterocycles. The van der Waals surface area contributed by atoms with Crippen molar-refractivity contribution < 1.29 is 0 Å². The summed E-state index contributed by atoms with van der Waals surface area (Å²) in [5.74, 6) is 0.833. The van der Waals surface area contributed by atoms with E-state index in [0.717, 1.165) is 12.3 Å². The number of nitrogens with two attached hydrogens (primary N) is 1. The SMILES string of the molecule is CCN1CCC(Cc2ncc(CN)s2)CC1. The van der Waals surface area contributed by atoms with E-state index in [2.05, 4.69) is 16.8 Å². The first kappa shape index (κ1) is 12.0. The molecule has 1 aliphatic rings. The van der Waals surface area contributed by atoms with Crippen LogP contribution in [0.4, 0.5) is 0 Å². The second kappa shape index (κ2) is 5.75. The maximum absolute atomic E-state index is 5.60. The van der Waals surface area contributed by atoms with Gasteiger partial charge in [-0.3, -0.25) is 0 Å². The summed E-state index contributed by atoms with van der Waals surface area (Å²) < 4.78 is 0. The third-order valence-corrected chi connectivity index (χ3v) is 4.46. The Balaban J connectivity index is 1.82. The molecule has 2 rings (SSSR count). The molecule has 0 saturated carbocycles. The van der Waals surface area contributed by atoms with Crippen molar-refractivity contribution in [3.05, 3.63) is 16.1 Å². The van der Waals surface area contributed by atoms with Crippen LogP contribution in [0.25, 0.3) is 0 Å². The smallest absolute Gasteiger partial charge is 0.0930 e. The van der Waals surface area contributed by atoms with Gasteiger partial charge in [0.1, 0.15) is 0 Å². The fourth-order valence-corrected chi connectivity index (χ4v) is 3.21. The molecule has 0 amide bonds. The molecule has 16 heavy (non-hydrogen) atoms. The molecule has 1 aromatic heterocycles. The van der Waals surface area contributed by atoms with Gasteiger partial charge < -0.3 is 10.6 Å². The maximum Gasteiger partial charge on any atom is 0.0930 e. The van der Waals surface area contributed by atoms with Gasteiger partial charge in [-0.25, -0.2) is 4.98 Å². The van der Waals surface area contributed by atoms with Gasteiger partial charge in [0.25, 0.3) is 0 Å². The van der Waals surface area contributed by atoms with Crippen molar-refractivity contribution in [3.8, 4) is 0 Å². The summed E-state index contributed by atoms with van der Waals surface area (Å²) in [7, 11) is 0. The zero-order valence-corrected chi connectivity index (χ0v) is 10.8. The molecule has 2 N–H and O–H groups in total. The maximum atomic E-state index is 5.60. The summed E-state index contributed by atoms with van der Waals surface area (Å²) in [6.07, 6.45) is 5.74. The van der Waals surface area contributed by atoms with Gasteiger partial charge in [-0.1, -0.05) is 6.92 Å². The molecule has 0 radical (unpaired) electrons. The molecule has 0 aliphatic carbocycles. The molecule has 0 aromatic carbocycles. The van der Waals surface area contributed by atoms with Gasteiger partial charge in [0.05, 0.1) is 5.01 Å². The van der Waals surface area contributed by atoms with Gasteiger partial charge in [-0.15, -0.1) is 11.3 Å². The minimum Gasteiger partial charge on any atom is -0.326 e. The van der Waals surface area contributed by atoms with E-state index in [1.807, 2.05) is 6.20 Å². The number of rotatable bonds is 4. The zero-order chi connectivity index (χ0) is 11.4. The number of thiazole rings is 1. The largest absolute Gasteiger partial charge is 0.326 e. The second-order valence-electron chi connectivity index (χ2n) is 4.51. The van der Waals surface area contributed by atoms with Crippen molar-refractivity contribution in [2.75, 3.05) is 19.6 Å². The van der Waals surface area contributed by atoms with E-state index < -0.39 is 0 Å². The lowest BCUT2D eigenvalue weighted by atomic mass is 9.94. The van der Waals surface area contributed by atoms with Crippen LogP contribution >= 0.6 is 11.3 Å². The Labute approximate surface area is 102 Å². The van der Waals surface area contributed by atoms with Crippen LogP contribution in [-0.2, 0) is 13.0 Å². The highest BCUT2D eigenvalue weighted by atomic mass is 32.1.